The molecular weight excluding hydrogens is 278 g/mol. The third kappa shape index (κ3) is 6.85. The Bertz CT molecular complexity index is 482. The number of rotatable bonds is 10. The van der Waals surface area contributed by atoms with Crippen molar-refractivity contribution in [2.45, 2.75) is 52.5 Å². The third-order valence-corrected chi connectivity index (χ3v) is 3.90. The highest BCUT2D eigenvalue weighted by Crippen LogP contribution is 2.15. The Hall–Kier alpha value is -1.68. The molecule has 0 saturated heterocycles. The van der Waals surface area contributed by atoms with Crippen molar-refractivity contribution in [3.63, 3.8) is 0 Å². The molecule has 1 aromatic rings. The van der Waals surface area contributed by atoms with E-state index in [4.69, 9.17) is 10.5 Å². The zero-order chi connectivity index (χ0) is 16.5. The van der Waals surface area contributed by atoms with Gasteiger partial charge in [-0.2, -0.15) is 0 Å². The number of Topliss-reactive ketones (excluding diaryl/α,β-unsaturated/α-hetero) is 2. The van der Waals surface area contributed by atoms with Crippen LogP contribution in [0.3, 0.4) is 0 Å². The van der Waals surface area contributed by atoms with Gasteiger partial charge in [-0.3, -0.25) is 9.59 Å². The number of carbonyl (C=O) groups is 2. The van der Waals surface area contributed by atoms with E-state index in [-0.39, 0.29) is 17.5 Å². The summed E-state index contributed by atoms with van der Waals surface area (Å²) in [7, 11) is 0. The highest BCUT2D eigenvalue weighted by Gasteiger charge is 2.09. The summed E-state index contributed by atoms with van der Waals surface area (Å²) >= 11 is 0. The number of hydrogen-bond donors (Lipinski definition) is 1. The molecule has 0 bridgehead atoms. The van der Waals surface area contributed by atoms with Crippen molar-refractivity contribution in [1.29, 1.82) is 0 Å². The number of unbranched alkanes of at least 4 members (excludes halogenated alkanes) is 1. The van der Waals surface area contributed by atoms with Crippen LogP contribution in [0.5, 0.6) is 5.75 Å². The first-order valence-electron chi connectivity index (χ1n) is 7.88. The molecule has 2 atom stereocenters. The van der Waals surface area contributed by atoms with Gasteiger partial charge in [-0.1, -0.05) is 19.1 Å². The van der Waals surface area contributed by atoms with Crippen LogP contribution in [0.25, 0.3) is 0 Å². The number of hydrogen-bond acceptors (Lipinski definition) is 4. The maximum atomic E-state index is 11.1. The van der Waals surface area contributed by atoms with E-state index in [1.165, 1.54) is 6.92 Å². The molecular formula is C18H27NO3. The molecule has 0 radical (unpaired) electrons. The average molecular weight is 305 g/mol. The van der Waals surface area contributed by atoms with Crippen LogP contribution >= 0.6 is 0 Å². The summed E-state index contributed by atoms with van der Waals surface area (Å²) in [5.41, 5.74) is 6.77. The number of benzene rings is 1. The Labute approximate surface area is 133 Å². The summed E-state index contributed by atoms with van der Waals surface area (Å²) in [6, 6.07) is 7.25. The van der Waals surface area contributed by atoms with Crippen LogP contribution in [0.4, 0.5) is 0 Å². The van der Waals surface area contributed by atoms with Crippen molar-refractivity contribution in [2.75, 3.05) is 6.61 Å². The second kappa shape index (κ2) is 9.36. The van der Waals surface area contributed by atoms with Crippen LogP contribution in [-0.4, -0.2) is 24.2 Å². The Morgan fingerprint density at radius 2 is 1.73 bits per heavy atom. The van der Waals surface area contributed by atoms with E-state index in [1.807, 2.05) is 31.2 Å². The third-order valence-electron chi connectivity index (χ3n) is 3.90. The number of ketones is 2. The highest BCUT2D eigenvalue weighted by molar-refractivity contribution is 5.81. The normalized spacial score (nSPS) is 13.5. The monoisotopic (exact) mass is 305 g/mol. The zero-order valence-electron chi connectivity index (χ0n) is 13.8. The van der Waals surface area contributed by atoms with Crippen LogP contribution in [0.15, 0.2) is 24.3 Å². The van der Waals surface area contributed by atoms with Crippen LogP contribution in [0.1, 0.15) is 45.6 Å². The summed E-state index contributed by atoms with van der Waals surface area (Å²) in [5.74, 6) is 1.21. The lowest BCUT2D eigenvalue weighted by molar-refractivity contribution is -0.120. The molecule has 0 amide bonds. The fourth-order valence-electron chi connectivity index (χ4n) is 2.07. The van der Waals surface area contributed by atoms with Crippen LogP contribution < -0.4 is 10.5 Å². The van der Waals surface area contributed by atoms with E-state index < -0.39 is 6.04 Å². The second-order valence-corrected chi connectivity index (χ2v) is 5.92. The first-order chi connectivity index (χ1) is 10.4. The Balaban J connectivity index is 2.27. The van der Waals surface area contributed by atoms with E-state index in [2.05, 4.69) is 0 Å². The molecule has 22 heavy (non-hydrogen) atoms. The number of carbonyl (C=O) groups excluding carboxylic acids is 2. The van der Waals surface area contributed by atoms with Gasteiger partial charge in [-0.05, 0) is 57.2 Å². The zero-order valence-corrected chi connectivity index (χ0v) is 13.8. The van der Waals surface area contributed by atoms with Gasteiger partial charge in [0.15, 0.2) is 0 Å². The molecule has 0 aliphatic carbocycles. The molecule has 0 heterocycles. The molecule has 122 valence electrons. The molecule has 0 aliphatic rings. The Morgan fingerprint density at radius 3 is 2.27 bits per heavy atom. The van der Waals surface area contributed by atoms with Crippen LogP contribution in [-0.2, 0) is 16.0 Å². The van der Waals surface area contributed by atoms with Crippen molar-refractivity contribution in [2.24, 2.45) is 11.7 Å². The summed E-state index contributed by atoms with van der Waals surface area (Å²) < 4.78 is 5.67. The van der Waals surface area contributed by atoms with E-state index in [9.17, 15) is 9.59 Å². The molecule has 0 spiro atoms. The maximum absolute atomic E-state index is 11.1. The highest BCUT2D eigenvalue weighted by atomic mass is 16.5. The van der Waals surface area contributed by atoms with Gasteiger partial charge in [0.2, 0.25) is 0 Å². The van der Waals surface area contributed by atoms with E-state index in [0.717, 1.165) is 30.6 Å². The molecule has 0 unspecified atom stereocenters. The fourth-order valence-corrected chi connectivity index (χ4v) is 2.07. The van der Waals surface area contributed by atoms with E-state index in [1.54, 1.807) is 6.92 Å². The first-order valence-corrected chi connectivity index (χ1v) is 7.88. The minimum absolute atomic E-state index is 0.000107. The molecule has 4 heteroatoms. The predicted molar refractivity (Wildman–Crippen MR) is 88.0 cm³/mol. The summed E-state index contributed by atoms with van der Waals surface area (Å²) in [6.07, 6.45) is 3.40. The van der Waals surface area contributed by atoms with Gasteiger partial charge in [-0.15, -0.1) is 0 Å². The Kier molecular flexibility index (Phi) is 7.82. The largest absolute Gasteiger partial charge is 0.494 e. The number of nitrogens with two attached hydrogens (primary N) is 1. The lowest BCUT2D eigenvalue weighted by Crippen LogP contribution is -2.30. The molecule has 1 aromatic carbocycles. The van der Waals surface area contributed by atoms with Crippen molar-refractivity contribution in [1.82, 2.24) is 0 Å². The molecule has 2 N–H and O–H groups in total. The van der Waals surface area contributed by atoms with Gasteiger partial charge >= 0.3 is 0 Å². The number of ether oxygens (including phenoxy) is 1. The minimum Gasteiger partial charge on any atom is -0.494 e. The van der Waals surface area contributed by atoms with E-state index in [0.29, 0.717) is 13.0 Å². The Morgan fingerprint density at radius 1 is 1.09 bits per heavy atom. The standard InChI is InChI=1S/C18H27NO3/c1-13(14(2)20)6-4-5-11-22-17-9-7-16(8-10-17)12-18(19)15(3)21/h7-10,13,18H,4-6,11-12,19H2,1-3H3/t13-,18-/m0/s1. The molecule has 0 saturated carbocycles. The van der Waals surface area contributed by atoms with Crippen molar-refractivity contribution in [3.05, 3.63) is 29.8 Å². The summed E-state index contributed by atoms with van der Waals surface area (Å²) in [5, 5.41) is 0. The molecule has 1 rings (SSSR count). The second-order valence-electron chi connectivity index (χ2n) is 5.92. The summed E-state index contributed by atoms with van der Waals surface area (Å²) in [6.45, 7) is 5.76. The predicted octanol–water partition coefficient (Wildman–Crippen LogP) is 2.92. The van der Waals surface area contributed by atoms with Gasteiger partial charge in [-0.25, -0.2) is 0 Å². The molecule has 0 fully saturated rings. The van der Waals surface area contributed by atoms with Gasteiger partial charge in [0.05, 0.1) is 12.6 Å². The lowest BCUT2D eigenvalue weighted by Gasteiger charge is -2.10. The quantitative estimate of drug-likeness (QED) is 0.675. The van der Waals surface area contributed by atoms with Crippen LogP contribution in [0.2, 0.25) is 0 Å². The first kappa shape index (κ1) is 18.4. The topological polar surface area (TPSA) is 69.4 Å². The van der Waals surface area contributed by atoms with Crippen molar-refractivity contribution < 1.29 is 14.3 Å². The summed E-state index contributed by atoms with van der Waals surface area (Å²) in [4.78, 5) is 22.3. The van der Waals surface area contributed by atoms with Crippen LogP contribution in [0, 0.1) is 5.92 Å². The minimum atomic E-state index is -0.435. The van der Waals surface area contributed by atoms with Crippen molar-refractivity contribution >= 4 is 11.6 Å². The smallest absolute Gasteiger partial charge is 0.146 e. The van der Waals surface area contributed by atoms with Gasteiger partial charge in [0.1, 0.15) is 17.3 Å². The van der Waals surface area contributed by atoms with Gasteiger partial charge < -0.3 is 10.5 Å². The molecule has 0 aliphatic heterocycles. The molecule has 0 aromatic heterocycles. The fraction of sp³-hybridized carbons (Fsp3) is 0.556. The van der Waals surface area contributed by atoms with Gasteiger partial charge in [0, 0.05) is 5.92 Å². The average Bonchev–Trinajstić information content (AvgIpc) is 2.48. The van der Waals surface area contributed by atoms with E-state index >= 15 is 0 Å². The SMILES string of the molecule is CC(=O)[C@@H](C)CCCCOc1ccc(C[C@H](N)C(C)=O)cc1. The van der Waals surface area contributed by atoms with Crippen molar-refractivity contribution in [3.8, 4) is 5.75 Å². The van der Waals surface area contributed by atoms with Gasteiger partial charge in [0.25, 0.3) is 0 Å². The maximum Gasteiger partial charge on any atom is 0.146 e. The lowest BCUT2D eigenvalue weighted by atomic mass is 10.0. The molecule has 4 nitrogen and oxygen atoms in total.